The van der Waals surface area contributed by atoms with E-state index in [2.05, 4.69) is 42.7 Å². The van der Waals surface area contributed by atoms with Crippen molar-refractivity contribution in [3.8, 4) is 0 Å². The summed E-state index contributed by atoms with van der Waals surface area (Å²) in [5.41, 5.74) is 0. The topological polar surface area (TPSA) is 19.7 Å². The molecule has 164 valence electrons. The zero-order chi connectivity index (χ0) is 20.3. The first kappa shape index (κ1) is 25.2. The molecule has 1 atom stereocenters. The second-order valence-electron chi connectivity index (χ2n) is 8.86. The van der Waals surface area contributed by atoms with Gasteiger partial charge in [0.1, 0.15) is 12.4 Å². The van der Waals surface area contributed by atoms with Gasteiger partial charge in [-0.25, -0.2) is 9.55 Å². The van der Waals surface area contributed by atoms with E-state index in [1.807, 2.05) is 0 Å². The molecule has 0 saturated carbocycles. The molecule has 0 saturated heterocycles. The number of H-pyrrole nitrogens is 1. The van der Waals surface area contributed by atoms with Crippen LogP contribution in [0.15, 0.2) is 12.4 Å². The van der Waals surface area contributed by atoms with Crippen LogP contribution in [0.4, 0.5) is 0 Å². The minimum Gasteiger partial charge on any atom is -0.247 e. The van der Waals surface area contributed by atoms with Gasteiger partial charge in [-0.1, -0.05) is 117 Å². The average Bonchev–Trinajstić information content (AvgIpc) is 3.19. The Morgan fingerprint density at radius 1 is 0.643 bits per heavy atom. The highest BCUT2D eigenvalue weighted by Crippen LogP contribution is 2.26. The van der Waals surface area contributed by atoms with E-state index in [0.717, 1.165) is 12.5 Å². The SMILES string of the molecule is CCCCCCCCCCCCC[C@H](CCCCCCC)c1[nH]cc[n+]1CC. The first-order valence-corrected chi connectivity index (χ1v) is 12.9. The molecule has 2 nitrogen and oxygen atoms in total. The van der Waals surface area contributed by atoms with Crippen LogP contribution < -0.4 is 4.57 Å². The molecule has 1 aromatic rings. The molecule has 1 rings (SSSR count). The second kappa shape index (κ2) is 18.3. The number of unbranched alkanes of at least 4 members (excludes halogenated alkanes) is 14. The number of rotatable bonds is 20. The molecular formula is C26H51N2+. The number of hydrogen-bond acceptors (Lipinski definition) is 0. The lowest BCUT2D eigenvalue weighted by Crippen LogP contribution is -2.36. The smallest absolute Gasteiger partial charge is 0.247 e. The van der Waals surface area contributed by atoms with Gasteiger partial charge in [0.2, 0.25) is 0 Å². The summed E-state index contributed by atoms with van der Waals surface area (Å²) in [6, 6.07) is 0. The number of aromatic amines is 1. The Bertz CT molecular complexity index is 437. The highest BCUT2D eigenvalue weighted by Gasteiger charge is 2.21. The van der Waals surface area contributed by atoms with Crippen LogP contribution in [0, 0.1) is 0 Å². The number of hydrogen-bond donors (Lipinski definition) is 1. The predicted molar refractivity (Wildman–Crippen MR) is 124 cm³/mol. The van der Waals surface area contributed by atoms with Crippen molar-refractivity contribution >= 4 is 0 Å². The molecule has 0 aliphatic heterocycles. The summed E-state index contributed by atoms with van der Waals surface area (Å²) in [7, 11) is 0. The van der Waals surface area contributed by atoms with E-state index in [1.54, 1.807) is 0 Å². The van der Waals surface area contributed by atoms with Crippen LogP contribution in [0.25, 0.3) is 0 Å². The van der Waals surface area contributed by atoms with E-state index in [9.17, 15) is 0 Å². The number of nitrogens with one attached hydrogen (secondary N) is 1. The maximum atomic E-state index is 3.56. The van der Waals surface area contributed by atoms with Gasteiger partial charge >= 0.3 is 0 Å². The van der Waals surface area contributed by atoms with Gasteiger partial charge in [-0.2, -0.15) is 0 Å². The van der Waals surface area contributed by atoms with Crippen molar-refractivity contribution in [2.45, 2.75) is 149 Å². The van der Waals surface area contributed by atoms with E-state index in [1.165, 1.54) is 121 Å². The quantitative estimate of drug-likeness (QED) is 0.170. The van der Waals surface area contributed by atoms with Gasteiger partial charge in [-0.15, -0.1) is 0 Å². The highest BCUT2D eigenvalue weighted by atomic mass is 15.1. The van der Waals surface area contributed by atoms with Crippen LogP contribution in [0.1, 0.15) is 148 Å². The molecule has 1 aromatic heterocycles. The fraction of sp³-hybridized carbons (Fsp3) is 0.885. The molecule has 0 aromatic carbocycles. The Hall–Kier alpha value is -0.790. The van der Waals surface area contributed by atoms with Crippen LogP contribution in [0.3, 0.4) is 0 Å². The Kier molecular flexibility index (Phi) is 16.5. The minimum absolute atomic E-state index is 0.732. The Balaban J connectivity index is 2.19. The zero-order valence-corrected chi connectivity index (χ0v) is 19.6. The van der Waals surface area contributed by atoms with Crippen molar-refractivity contribution in [2.75, 3.05) is 0 Å². The molecule has 2 heteroatoms. The van der Waals surface area contributed by atoms with Gasteiger partial charge in [0.15, 0.2) is 0 Å². The van der Waals surface area contributed by atoms with E-state index in [-0.39, 0.29) is 0 Å². The van der Waals surface area contributed by atoms with Gasteiger partial charge in [0.05, 0.1) is 12.5 Å². The Morgan fingerprint density at radius 2 is 1.07 bits per heavy atom. The van der Waals surface area contributed by atoms with Gasteiger partial charge in [0.25, 0.3) is 5.82 Å². The van der Waals surface area contributed by atoms with Crippen molar-refractivity contribution in [2.24, 2.45) is 0 Å². The summed E-state index contributed by atoms with van der Waals surface area (Å²) in [6.07, 6.45) is 29.9. The third kappa shape index (κ3) is 11.9. The van der Waals surface area contributed by atoms with E-state index < -0.39 is 0 Å². The van der Waals surface area contributed by atoms with Crippen molar-refractivity contribution in [3.63, 3.8) is 0 Å². The molecule has 0 bridgehead atoms. The maximum absolute atomic E-state index is 3.56. The molecule has 0 aliphatic rings. The molecule has 28 heavy (non-hydrogen) atoms. The summed E-state index contributed by atoms with van der Waals surface area (Å²) in [5.74, 6) is 2.21. The predicted octanol–water partition coefficient (Wildman–Crippen LogP) is 8.47. The third-order valence-corrected chi connectivity index (χ3v) is 6.33. The largest absolute Gasteiger partial charge is 0.257 e. The molecule has 1 heterocycles. The van der Waals surface area contributed by atoms with Crippen molar-refractivity contribution < 1.29 is 4.57 Å². The molecule has 0 amide bonds. The third-order valence-electron chi connectivity index (χ3n) is 6.33. The number of imidazole rings is 1. The van der Waals surface area contributed by atoms with E-state index in [0.29, 0.717) is 0 Å². The van der Waals surface area contributed by atoms with Crippen molar-refractivity contribution in [1.82, 2.24) is 4.98 Å². The normalized spacial score (nSPS) is 12.5. The number of aromatic nitrogens is 2. The molecule has 0 aliphatic carbocycles. The number of nitrogens with zero attached hydrogens (tertiary/aromatic N) is 1. The molecule has 0 spiro atoms. The Labute approximate surface area is 176 Å². The maximum Gasteiger partial charge on any atom is 0.257 e. The summed E-state index contributed by atoms with van der Waals surface area (Å²) in [6.45, 7) is 7.95. The monoisotopic (exact) mass is 391 g/mol. The standard InChI is InChI=1S/C26H50N2/c1-4-7-9-11-12-13-14-15-16-18-20-22-25(21-19-17-10-8-5-2)26-27-23-24-28(26)6-3/h23-25H,4-22H2,1-3H3/p+1/t25-/m0/s1. The first-order chi connectivity index (χ1) is 13.8. The van der Waals surface area contributed by atoms with Crippen LogP contribution >= 0.6 is 0 Å². The highest BCUT2D eigenvalue weighted by molar-refractivity contribution is 4.90. The fourth-order valence-corrected chi connectivity index (χ4v) is 4.47. The summed E-state index contributed by atoms with van der Waals surface area (Å²) in [4.78, 5) is 3.56. The van der Waals surface area contributed by atoms with Gasteiger partial charge in [0, 0.05) is 0 Å². The van der Waals surface area contributed by atoms with E-state index in [4.69, 9.17) is 0 Å². The second-order valence-corrected chi connectivity index (χ2v) is 8.86. The van der Waals surface area contributed by atoms with Gasteiger partial charge < -0.3 is 0 Å². The lowest BCUT2D eigenvalue weighted by molar-refractivity contribution is -0.701. The molecule has 0 fully saturated rings. The molecule has 1 N–H and O–H groups in total. The van der Waals surface area contributed by atoms with Crippen LogP contribution in [-0.4, -0.2) is 4.98 Å². The lowest BCUT2D eigenvalue weighted by atomic mass is 9.93. The minimum atomic E-state index is 0.732. The number of aryl methyl sites for hydroxylation is 1. The van der Waals surface area contributed by atoms with Crippen LogP contribution in [-0.2, 0) is 6.54 Å². The zero-order valence-electron chi connectivity index (χ0n) is 19.6. The van der Waals surface area contributed by atoms with Crippen LogP contribution in [0.5, 0.6) is 0 Å². The van der Waals surface area contributed by atoms with Crippen LogP contribution in [0.2, 0.25) is 0 Å². The summed E-state index contributed by atoms with van der Waals surface area (Å²) < 4.78 is 2.43. The Morgan fingerprint density at radius 3 is 1.50 bits per heavy atom. The fourth-order valence-electron chi connectivity index (χ4n) is 4.47. The van der Waals surface area contributed by atoms with E-state index >= 15 is 0 Å². The lowest BCUT2D eigenvalue weighted by Gasteiger charge is -2.14. The molecule has 0 unspecified atom stereocenters. The summed E-state index contributed by atoms with van der Waals surface area (Å²) in [5, 5.41) is 0. The van der Waals surface area contributed by atoms with Crippen molar-refractivity contribution in [3.05, 3.63) is 18.2 Å². The molecule has 0 radical (unpaired) electrons. The first-order valence-electron chi connectivity index (χ1n) is 12.9. The average molecular weight is 392 g/mol. The summed E-state index contributed by atoms with van der Waals surface area (Å²) >= 11 is 0. The van der Waals surface area contributed by atoms with Crippen molar-refractivity contribution in [1.29, 1.82) is 0 Å². The molecular weight excluding hydrogens is 340 g/mol. The van der Waals surface area contributed by atoms with Gasteiger partial charge in [-0.3, -0.25) is 0 Å². The van der Waals surface area contributed by atoms with Gasteiger partial charge in [-0.05, 0) is 19.8 Å².